The summed E-state index contributed by atoms with van der Waals surface area (Å²) >= 11 is 0. The lowest BCUT2D eigenvalue weighted by Crippen LogP contribution is -2.12. The normalized spacial score (nSPS) is 14.8. The van der Waals surface area contributed by atoms with Gasteiger partial charge in [-0.2, -0.15) is 0 Å². The summed E-state index contributed by atoms with van der Waals surface area (Å²) in [6.45, 7) is 4.83. The maximum absolute atomic E-state index is 10.5. The summed E-state index contributed by atoms with van der Waals surface area (Å²) in [7, 11) is 0. The molecule has 0 bridgehead atoms. The smallest absolute Gasteiger partial charge is 0.198 e. The van der Waals surface area contributed by atoms with Crippen molar-refractivity contribution in [3.63, 3.8) is 0 Å². The standard InChI is InChI=1S/C18H24N2O2/c1-3-4-5-8-11-20-16(21)14-15(17(20)22)18(14,2)12-9-6-7-10-13(12)19/h6-7,9-10,21-22H,3-5,8,11,19H2,1-2H3. The summed E-state index contributed by atoms with van der Waals surface area (Å²) in [5, 5.41) is 21.0. The van der Waals surface area contributed by atoms with Gasteiger partial charge in [0.05, 0.1) is 5.41 Å². The van der Waals surface area contributed by atoms with Gasteiger partial charge in [0.25, 0.3) is 0 Å². The van der Waals surface area contributed by atoms with Crippen LogP contribution < -0.4 is 5.73 Å². The first-order valence-electron chi connectivity index (χ1n) is 8.03. The molecule has 0 saturated heterocycles. The van der Waals surface area contributed by atoms with Crippen molar-refractivity contribution in [2.75, 3.05) is 5.73 Å². The zero-order valence-electron chi connectivity index (χ0n) is 13.3. The van der Waals surface area contributed by atoms with Crippen molar-refractivity contribution in [2.24, 2.45) is 0 Å². The minimum atomic E-state index is -0.445. The first-order chi connectivity index (χ1) is 10.5. The van der Waals surface area contributed by atoms with Crippen LogP contribution in [0.5, 0.6) is 11.8 Å². The topological polar surface area (TPSA) is 71.4 Å². The second kappa shape index (κ2) is 5.27. The van der Waals surface area contributed by atoms with Crippen LogP contribution in [0, 0.1) is 0 Å². The van der Waals surface area contributed by atoms with Gasteiger partial charge >= 0.3 is 0 Å². The molecule has 0 spiro atoms. The number of rotatable bonds is 6. The van der Waals surface area contributed by atoms with Crippen LogP contribution in [0.2, 0.25) is 0 Å². The maximum Gasteiger partial charge on any atom is 0.198 e. The Labute approximate surface area is 131 Å². The Morgan fingerprint density at radius 3 is 2.27 bits per heavy atom. The van der Waals surface area contributed by atoms with Gasteiger partial charge < -0.3 is 15.9 Å². The molecule has 0 amide bonds. The molecule has 22 heavy (non-hydrogen) atoms. The molecule has 1 heterocycles. The van der Waals surface area contributed by atoms with E-state index < -0.39 is 5.41 Å². The van der Waals surface area contributed by atoms with Crippen molar-refractivity contribution in [3.8, 4) is 11.8 Å². The zero-order valence-corrected chi connectivity index (χ0v) is 13.3. The predicted octanol–water partition coefficient (Wildman–Crippen LogP) is 3.73. The maximum atomic E-state index is 10.5. The third kappa shape index (κ3) is 1.97. The number of unbranched alkanes of at least 4 members (excludes halogenated alkanes) is 3. The third-order valence-electron chi connectivity index (χ3n) is 4.88. The van der Waals surface area contributed by atoms with E-state index in [4.69, 9.17) is 5.73 Å². The lowest BCUT2D eigenvalue weighted by Gasteiger charge is -2.18. The highest BCUT2D eigenvalue weighted by molar-refractivity contribution is 5.78. The molecule has 1 aromatic heterocycles. The van der Waals surface area contributed by atoms with Gasteiger partial charge in [-0.3, -0.25) is 4.57 Å². The van der Waals surface area contributed by atoms with Gasteiger partial charge in [0, 0.05) is 23.4 Å². The predicted molar refractivity (Wildman–Crippen MR) is 88.3 cm³/mol. The van der Waals surface area contributed by atoms with Gasteiger partial charge in [0.1, 0.15) is 0 Å². The van der Waals surface area contributed by atoms with Gasteiger partial charge in [0.2, 0.25) is 0 Å². The van der Waals surface area contributed by atoms with Crippen LogP contribution in [0.4, 0.5) is 5.69 Å². The average Bonchev–Trinajstić information content (AvgIpc) is 3.04. The van der Waals surface area contributed by atoms with Gasteiger partial charge in [0.15, 0.2) is 11.8 Å². The summed E-state index contributed by atoms with van der Waals surface area (Å²) in [4.78, 5) is 0. The van der Waals surface area contributed by atoms with Crippen molar-refractivity contribution >= 4 is 5.69 Å². The van der Waals surface area contributed by atoms with E-state index in [9.17, 15) is 10.2 Å². The summed E-state index contributed by atoms with van der Waals surface area (Å²) in [6.07, 6.45) is 4.43. The number of aromatic nitrogens is 1. The molecule has 1 aromatic carbocycles. The van der Waals surface area contributed by atoms with E-state index in [-0.39, 0.29) is 11.8 Å². The van der Waals surface area contributed by atoms with Crippen LogP contribution in [-0.4, -0.2) is 14.8 Å². The number of hydrogen-bond donors (Lipinski definition) is 3. The molecule has 0 aliphatic heterocycles. The average molecular weight is 300 g/mol. The van der Waals surface area contributed by atoms with E-state index in [0.717, 1.165) is 29.5 Å². The Bertz CT molecular complexity index is 676. The van der Waals surface area contributed by atoms with Gasteiger partial charge in [-0.15, -0.1) is 0 Å². The van der Waals surface area contributed by atoms with E-state index in [1.54, 1.807) is 4.57 Å². The van der Waals surface area contributed by atoms with E-state index in [1.807, 2.05) is 31.2 Å². The molecule has 1 aliphatic carbocycles. The number of nitrogens with two attached hydrogens (primary N) is 1. The molecule has 1 aliphatic rings. The lowest BCUT2D eigenvalue weighted by atomic mass is 9.91. The Morgan fingerprint density at radius 1 is 1.05 bits per heavy atom. The van der Waals surface area contributed by atoms with Gasteiger partial charge in [-0.1, -0.05) is 44.4 Å². The van der Waals surface area contributed by atoms with E-state index >= 15 is 0 Å². The minimum absolute atomic E-state index is 0.190. The van der Waals surface area contributed by atoms with E-state index in [2.05, 4.69) is 6.92 Å². The second-order valence-electron chi connectivity index (χ2n) is 6.32. The molecule has 0 unspecified atom stereocenters. The largest absolute Gasteiger partial charge is 0.494 e. The van der Waals surface area contributed by atoms with Crippen LogP contribution in [0.1, 0.15) is 56.2 Å². The monoisotopic (exact) mass is 300 g/mol. The Kier molecular flexibility index (Phi) is 3.55. The molecule has 0 saturated carbocycles. The van der Waals surface area contributed by atoms with Crippen LogP contribution in [0.15, 0.2) is 24.3 Å². The van der Waals surface area contributed by atoms with Gasteiger partial charge in [-0.05, 0) is 25.0 Å². The molecule has 118 valence electrons. The number of nitrogens with zero attached hydrogens (tertiary/aromatic N) is 1. The fraction of sp³-hybridized carbons (Fsp3) is 0.444. The molecule has 4 nitrogen and oxygen atoms in total. The second-order valence-corrected chi connectivity index (χ2v) is 6.32. The number of anilines is 1. The van der Waals surface area contributed by atoms with E-state index in [0.29, 0.717) is 12.2 Å². The van der Waals surface area contributed by atoms with Gasteiger partial charge in [-0.25, -0.2) is 0 Å². The number of fused-ring (bicyclic) bond motifs is 1. The lowest BCUT2D eigenvalue weighted by molar-refractivity contribution is 0.350. The quantitative estimate of drug-likeness (QED) is 0.562. The number of aromatic hydroxyl groups is 2. The Balaban J connectivity index is 1.86. The summed E-state index contributed by atoms with van der Waals surface area (Å²) in [5.41, 5.74) is 8.90. The molecular formula is C18H24N2O2. The Hall–Kier alpha value is -2.10. The van der Waals surface area contributed by atoms with Crippen LogP contribution in [0.25, 0.3) is 0 Å². The molecule has 4 N–H and O–H groups in total. The van der Waals surface area contributed by atoms with Crippen LogP contribution in [-0.2, 0) is 12.0 Å². The van der Waals surface area contributed by atoms with Crippen molar-refractivity contribution in [3.05, 3.63) is 41.0 Å². The third-order valence-corrected chi connectivity index (χ3v) is 4.88. The fourth-order valence-corrected chi connectivity index (χ4v) is 3.55. The fourth-order valence-electron chi connectivity index (χ4n) is 3.55. The first-order valence-corrected chi connectivity index (χ1v) is 8.03. The number of para-hydroxylation sites is 1. The number of hydrogen-bond acceptors (Lipinski definition) is 3. The molecule has 4 heteroatoms. The molecular weight excluding hydrogens is 276 g/mol. The summed E-state index contributed by atoms with van der Waals surface area (Å²) in [5.74, 6) is 0.379. The number of nitrogen functional groups attached to an aromatic ring is 1. The van der Waals surface area contributed by atoms with Crippen molar-refractivity contribution < 1.29 is 10.2 Å². The molecule has 0 atom stereocenters. The zero-order chi connectivity index (χ0) is 15.9. The molecule has 2 aromatic rings. The summed E-state index contributed by atoms with van der Waals surface area (Å²) < 4.78 is 1.63. The first kappa shape index (κ1) is 14.8. The van der Waals surface area contributed by atoms with Crippen LogP contribution in [0.3, 0.4) is 0 Å². The highest BCUT2D eigenvalue weighted by Crippen LogP contribution is 2.64. The molecule has 0 radical (unpaired) electrons. The molecule has 3 rings (SSSR count). The Morgan fingerprint density at radius 2 is 1.68 bits per heavy atom. The molecule has 0 fully saturated rings. The SMILES string of the molecule is CCCCCCn1c(O)c2c(c1O)C2(C)c1ccccc1N. The van der Waals surface area contributed by atoms with Crippen molar-refractivity contribution in [1.29, 1.82) is 0 Å². The highest BCUT2D eigenvalue weighted by Gasteiger charge is 2.57. The number of benzene rings is 1. The van der Waals surface area contributed by atoms with Crippen molar-refractivity contribution in [2.45, 2.75) is 51.5 Å². The highest BCUT2D eigenvalue weighted by atomic mass is 16.3. The summed E-state index contributed by atoms with van der Waals surface area (Å²) in [6, 6.07) is 7.64. The minimum Gasteiger partial charge on any atom is -0.494 e. The van der Waals surface area contributed by atoms with Crippen molar-refractivity contribution in [1.82, 2.24) is 4.57 Å². The van der Waals surface area contributed by atoms with E-state index in [1.165, 1.54) is 12.8 Å². The van der Waals surface area contributed by atoms with Crippen LogP contribution >= 0.6 is 0 Å².